The molecule has 0 unspecified atom stereocenters. The molecule has 0 aromatic heterocycles. The summed E-state index contributed by atoms with van der Waals surface area (Å²) in [5.74, 6) is 0. The van der Waals surface area contributed by atoms with Crippen LogP contribution < -0.4 is 43.3 Å². The van der Waals surface area contributed by atoms with E-state index >= 15 is 0 Å². The minimum absolute atomic E-state index is 0.760. The van der Waals surface area contributed by atoms with Crippen molar-refractivity contribution >= 4 is 80.6 Å². The second-order valence-corrected chi connectivity index (χ2v) is 16.3. The Bertz CT molecular complexity index is 2110. The predicted octanol–water partition coefficient (Wildman–Crippen LogP) is 8.34. The molecule has 0 aliphatic carbocycles. The Kier molecular flexibility index (Phi) is 8.21. The smallest absolute Gasteiger partial charge is 0.0320 e. The molecule has 0 aliphatic heterocycles. The molecule has 230 valence electrons. The summed E-state index contributed by atoms with van der Waals surface area (Å²) in [7, 11) is -1.84. The molecule has 0 aliphatic rings. The molecule has 0 heterocycles. The van der Waals surface area contributed by atoms with Gasteiger partial charge in [-0.2, -0.15) is 0 Å². The summed E-state index contributed by atoms with van der Waals surface area (Å²) < 4.78 is 0. The molecule has 0 amide bonds. The molecule has 8 aromatic rings. The van der Waals surface area contributed by atoms with Gasteiger partial charge in [0.1, 0.15) is 0 Å². The highest BCUT2D eigenvalue weighted by Gasteiger charge is 2.28. The summed E-state index contributed by atoms with van der Waals surface area (Å²) >= 11 is 0. The Morgan fingerprint density at radius 2 is 0.625 bits per heavy atom. The third-order valence-electron chi connectivity index (χ3n) is 8.83. The van der Waals surface area contributed by atoms with Gasteiger partial charge >= 0.3 is 0 Å². The molecule has 0 atom stereocenters. The summed E-state index contributed by atoms with van der Waals surface area (Å²) in [6, 6.07) is 65.9. The fourth-order valence-electron chi connectivity index (χ4n) is 6.73. The minimum atomic E-state index is -0.922. The van der Waals surface area contributed by atoms with Crippen molar-refractivity contribution in [1.82, 2.24) is 0 Å². The maximum absolute atomic E-state index is 6.42. The van der Waals surface area contributed by atoms with Crippen molar-refractivity contribution in [3.63, 3.8) is 0 Å². The quantitative estimate of drug-likeness (QED) is 0.134. The number of nitrogen functional groups attached to an aromatic ring is 2. The minimum Gasteiger partial charge on any atom is -0.399 e. The predicted molar refractivity (Wildman–Crippen MR) is 213 cm³/mol. The van der Waals surface area contributed by atoms with Crippen LogP contribution in [0, 0.1) is 0 Å². The summed E-state index contributed by atoms with van der Waals surface area (Å²) in [5.41, 5.74) is 16.9. The molecule has 0 saturated heterocycles. The number of hydrogen-bond donors (Lipinski definition) is 2. The van der Waals surface area contributed by atoms with Gasteiger partial charge < -0.3 is 11.5 Å². The lowest BCUT2D eigenvalue weighted by Crippen LogP contribution is -2.26. The highest BCUT2D eigenvalue weighted by atomic mass is 31.1. The van der Waals surface area contributed by atoms with Crippen molar-refractivity contribution in [2.75, 3.05) is 11.5 Å². The topological polar surface area (TPSA) is 52.0 Å². The molecule has 0 fully saturated rings. The first-order valence-electron chi connectivity index (χ1n) is 16.1. The first kappa shape index (κ1) is 30.1. The fourth-order valence-corrected chi connectivity index (χ4v) is 11.7. The van der Waals surface area contributed by atoms with Crippen LogP contribution in [0.5, 0.6) is 0 Å². The van der Waals surface area contributed by atoms with Crippen LogP contribution in [0.15, 0.2) is 182 Å². The van der Waals surface area contributed by atoms with Gasteiger partial charge in [-0.15, -0.1) is 0 Å². The van der Waals surface area contributed by atoms with Gasteiger partial charge in [0.25, 0.3) is 0 Å². The van der Waals surface area contributed by atoms with Crippen LogP contribution >= 0.6 is 15.8 Å². The van der Waals surface area contributed by atoms with Crippen molar-refractivity contribution in [2.45, 2.75) is 0 Å². The summed E-state index contributed by atoms with van der Waals surface area (Å²) in [4.78, 5) is 0. The molecule has 8 aromatic carbocycles. The van der Waals surface area contributed by atoms with E-state index in [0.29, 0.717) is 0 Å². The standard InChI is InChI=1S/C44H34N2P2/c45-33-23-25-39-31(29-33)21-27-41(47(35-13-5-1-6-14-35)36-15-7-2-8-16-36)43(39)44-40-26-24-34(46)30-32(40)22-28-42(44)48(37-17-9-3-10-18-37)38-19-11-4-12-20-38/h1-30H,45-46H2. The van der Waals surface area contributed by atoms with Gasteiger partial charge in [-0.05, 0) is 105 Å². The Morgan fingerprint density at radius 3 is 0.938 bits per heavy atom. The third-order valence-corrected chi connectivity index (χ3v) is 13.8. The maximum Gasteiger partial charge on any atom is 0.0320 e. The SMILES string of the molecule is Nc1ccc2c(-c3c(P(c4ccccc4)c4ccccc4)ccc4cc(N)ccc34)c(P(c3ccccc3)c3ccccc3)ccc2c1. The molecule has 8 rings (SSSR count). The average Bonchev–Trinajstić information content (AvgIpc) is 3.13. The number of anilines is 2. The summed E-state index contributed by atoms with van der Waals surface area (Å²) in [6.07, 6.45) is 0. The van der Waals surface area contributed by atoms with E-state index in [1.165, 1.54) is 53.7 Å². The Hall–Kier alpha value is -5.26. The highest BCUT2D eigenvalue weighted by molar-refractivity contribution is 7.80. The fraction of sp³-hybridized carbons (Fsp3) is 0. The molecule has 4 N–H and O–H groups in total. The van der Waals surface area contributed by atoms with E-state index in [1.807, 2.05) is 12.1 Å². The molecule has 2 nitrogen and oxygen atoms in total. The molecule has 0 saturated carbocycles. The average molecular weight is 653 g/mol. The van der Waals surface area contributed by atoms with Gasteiger partial charge in [0.15, 0.2) is 0 Å². The van der Waals surface area contributed by atoms with Crippen molar-refractivity contribution in [2.24, 2.45) is 0 Å². The van der Waals surface area contributed by atoms with Gasteiger partial charge in [0.2, 0.25) is 0 Å². The zero-order valence-corrected chi connectivity index (χ0v) is 28.2. The van der Waals surface area contributed by atoms with E-state index in [9.17, 15) is 0 Å². The van der Waals surface area contributed by atoms with Crippen LogP contribution in [0.25, 0.3) is 32.7 Å². The summed E-state index contributed by atoms with van der Waals surface area (Å²) in [6.45, 7) is 0. The van der Waals surface area contributed by atoms with E-state index in [1.54, 1.807) is 0 Å². The molecule has 0 spiro atoms. The maximum atomic E-state index is 6.42. The molecule has 4 heteroatoms. The van der Waals surface area contributed by atoms with Crippen LogP contribution in [-0.4, -0.2) is 0 Å². The van der Waals surface area contributed by atoms with Crippen molar-refractivity contribution in [3.8, 4) is 11.1 Å². The van der Waals surface area contributed by atoms with E-state index in [0.717, 1.165) is 22.1 Å². The highest BCUT2D eigenvalue weighted by Crippen LogP contribution is 2.46. The van der Waals surface area contributed by atoms with Crippen molar-refractivity contribution in [1.29, 1.82) is 0 Å². The second-order valence-electron chi connectivity index (χ2n) is 11.9. The molecule has 0 bridgehead atoms. The number of rotatable bonds is 7. The van der Waals surface area contributed by atoms with Crippen LogP contribution in [0.1, 0.15) is 0 Å². The Morgan fingerprint density at radius 1 is 0.312 bits per heavy atom. The zero-order chi connectivity index (χ0) is 32.5. The number of fused-ring (bicyclic) bond motifs is 2. The van der Waals surface area contributed by atoms with Crippen molar-refractivity contribution in [3.05, 3.63) is 182 Å². The van der Waals surface area contributed by atoms with Gasteiger partial charge in [-0.1, -0.05) is 158 Å². The second kappa shape index (κ2) is 13.1. The third kappa shape index (κ3) is 5.65. The zero-order valence-electron chi connectivity index (χ0n) is 26.4. The monoisotopic (exact) mass is 652 g/mol. The summed E-state index contributed by atoms with van der Waals surface area (Å²) in [5, 5.41) is 12.6. The van der Waals surface area contributed by atoms with Crippen molar-refractivity contribution < 1.29 is 0 Å². The molecular weight excluding hydrogens is 618 g/mol. The van der Waals surface area contributed by atoms with Gasteiger partial charge in [0.05, 0.1) is 0 Å². The van der Waals surface area contributed by atoms with Crippen LogP contribution in [0.2, 0.25) is 0 Å². The van der Waals surface area contributed by atoms with E-state index in [2.05, 4.69) is 170 Å². The first-order valence-corrected chi connectivity index (χ1v) is 18.8. The normalized spacial score (nSPS) is 11.5. The lowest BCUT2D eigenvalue weighted by molar-refractivity contribution is 1.70. The van der Waals surface area contributed by atoms with Crippen LogP contribution in [0.3, 0.4) is 0 Å². The van der Waals surface area contributed by atoms with Gasteiger partial charge in [-0.25, -0.2) is 0 Å². The Balaban J connectivity index is 1.55. The van der Waals surface area contributed by atoms with E-state index in [4.69, 9.17) is 11.5 Å². The van der Waals surface area contributed by atoms with Gasteiger partial charge in [-0.3, -0.25) is 0 Å². The van der Waals surface area contributed by atoms with E-state index < -0.39 is 15.8 Å². The molecule has 0 radical (unpaired) electrons. The lowest BCUT2D eigenvalue weighted by Gasteiger charge is -2.28. The lowest BCUT2D eigenvalue weighted by atomic mass is 9.93. The molecular formula is C44H34N2P2. The number of benzene rings is 8. The Labute approximate surface area is 284 Å². The van der Waals surface area contributed by atoms with E-state index in [-0.39, 0.29) is 0 Å². The van der Waals surface area contributed by atoms with Crippen LogP contribution in [-0.2, 0) is 0 Å². The van der Waals surface area contributed by atoms with Crippen LogP contribution in [0.4, 0.5) is 11.4 Å². The first-order chi connectivity index (χ1) is 23.7. The number of hydrogen-bond acceptors (Lipinski definition) is 2. The largest absolute Gasteiger partial charge is 0.399 e. The number of nitrogens with two attached hydrogens (primary N) is 2. The molecule has 48 heavy (non-hydrogen) atoms. The van der Waals surface area contributed by atoms with Gasteiger partial charge in [0, 0.05) is 11.4 Å².